The van der Waals surface area contributed by atoms with E-state index in [1.165, 1.54) is 0 Å². The van der Waals surface area contributed by atoms with Gasteiger partial charge in [0.25, 0.3) is 0 Å². The van der Waals surface area contributed by atoms with Crippen LogP contribution in [0.25, 0.3) is 0 Å². The Hall–Kier alpha value is -0.780. The van der Waals surface area contributed by atoms with E-state index in [9.17, 15) is 13.2 Å². The zero-order valence-electron chi connectivity index (χ0n) is 9.73. The SMILES string of the molecule is FC[C@H](c1c(F)cc(Cl)cc1F)N1CCNCC1. The third kappa shape index (κ3) is 2.79. The molecule has 1 aliphatic heterocycles. The smallest absolute Gasteiger partial charge is 0.132 e. The number of benzene rings is 1. The monoisotopic (exact) mass is 278 g/mol. The van der Waals surface area contributed by atoms with E-state index in [4.69, 9.17) is 11.6 Å². The normalized spacial score (nSPS) is 18.9. The van der Waals surface area contributed by atoms with Crippen LogP contribution in [0.3, 0.4) is 0 Å². The second kappa shape index (κ2) is 5.91. The van der Waals surface area contributed by atoms with Crippen LogP contribution in [-0.2, 0) is 0 Å². The Bertz CT molecular complexity index is 399. The van der Waals surface area contributed by atoms with Gasteiger partial charge in [-0.2, -0.15) is 0 Å². The minimum Gasteiger partial charge on any atom is -0.314 e. The lowest BCUT2D eigenvalue weighted by atomic mass is 10.0. The molecule has 6 heteroatoms. The number of nitrogens with zero attached hydrogens (tertiary/aromatic N) is 1. The maximum absolute atomic E-state index is 13.8. The first kappa shape index (κ1) is 13.6. The number of piperazine rings is 1. The van der Waals surface area contributed by atoms with Gasteiger partial charge in [0.15, 0.2) is 0 Å². The Morgan fingerprint density at radius 2 is 1.78 bits per heavy atom. The summed E-state index contributed by atoms with van der Waals surface area (Å²) in [5.74, 6) is -1.58. The van der Waals surface area contributed by atoms with Crippen molar-refractivity contribution in [2.24, 2.45) is 0 Å². The van der Waals surface area contributed by atoms with Crippen LogP contribution in [0.2, 0.25) is 5.02 Å². The van der Waals surface area contributed by atoms with Crippen molar-refractivity contribution in [1.82, 2.24) is 10.2 Å². The number of hydrogen-bond donors (Lipinski definition) is 1. The quantitative estimate of drug-likeness (QED) is 0.914. The summed E-state index contributed by atoms with van der Waals surface area (Å²) in [5, 5.41) is 3.09. The van der Waals surface area contributed by atoms with E-state index in [0.29, 0.717) is 26.2 Å². The molecule has 2 rings (SSSR count). The predicted octanol–water partition coefficient (Wildman–Crippen LogP) is 2.53. The van der Waals surface area contributed by atoms with Gasteiger partial charge in [0, 0.05) is 36.8 Å². The fourth-order valence-electron chi connectivity index (χ4n) is 2.22. The van der Waals surface area contributed by atoms with Crippen LogP contribution in [0.4, 0.5) is 13.2 Å². The molecule has 0 spiro atoms. The molecule has 0 aromatic heterocycles. The Labute approximate surface area is 109 Å². The number of nitrogens with one attached hydrogen (secondary N) is 1. The van der Waals surface area contributed by atoms with Gasteiger partial charge < -0.3 is 5.32 Å². The Balaban J connectivity index is 2.32. The van der Waals surface area contributed by atoms with E-state index in [2.05, 4.69) is 5.32 Å². The van der Waals surface area contributed by atoms with Crippen LogP contribution in [0.1, 0.15) is 11.6 Å². The van der Waals surface area contributed by atoms with Gasteiger partial charge in [-0.3, -0.25) is 4.90 Å². The lowest BCUT2D eigenvalue weighted by Crippen LogP contribution is -2.46. The molecule has 0 amide bonds. The van der Waals surface area contributed by atoms with Crippen LogP contribution in [-0.4, -0.2) is 37.8 Å². The summed E-state index contributed by atoms with van der Waals surface area (Å²) in [7, 11) is 0. The van der Waals surface area contributed by atoms with Crippen molar-refractivity contribution in [2.45, 2.75) is 6.04 Å². The molecule has 2 nitrogen and oxygen atoms in total. The van der Waals surface area contributed by atoms with Gasteiger partial charge in [-0.1, -0.05) is 11.6 Å². The van der Waals surface area contributed by atoms with Crippen molar-refractivity contribution >= 4 is 11.6 Å². The summed E-state index contributed by atoms with van der Waals surface area (Å²) >= 11 is 5.56. The largest absolute Gasteiger partial charge is 0.314 e. The first-order valence-electron chi connectivity index (χ1n) is 5.78. The second-order valence-corrected chi connectivity index (χ2v) is 4.68. The van der Waals surface area contributed by atoms with Crippen LogP contribution in [0.15, 0.2) is 12.1 Å². The van der Waals surface area contributed by atoms with E-state index in [0.717, 1.165) is 12.1 Å². The topological polar surface area (TPSA) is 15.3 Å². The first-order valence-corrected chi connectivity index (χ1v) is 6.16. The fourth-order valence-corrected chi connectivity index (χ4v) is 2.41. The number of hydrogen-bond acceptors (Lipinski definition) is 2. The molecule has 0 unspecified atom stereocenters. The third-order valence-corrected chi connectivity index (χ3v) is 3.33. The maximum Gasteiger partial charge on any atom is 0.132 e. The zero-order chi connectivity index (χ0) is 13.1. The van der Waals surface area contributed by atoms with Crippen LogP contribution >= 0.6 is 11.6 Å². The van der Waals surface area contributed by atoms with E-state index in [-0.39, 0.29) is 10.6 Å². The first-order chi connectivity index (χ1) is 8.63. The van der Waals surface area contributed by atoms with E-state index < -0.39 is 24.4 Å². The Morgan fingerprint density at radius 3 is 2.28 bits per heavy atom. The Morgan fingerprint density at radius 1 is 1.22 bits per heavy atom. The van der Waals surface area contributed by atoms with E-state index >= 15 is 0 Å². The molecule has 1 heterocycles. The Kier molecular flexibility index (Phi) is 4.48. The minimum atomic E-state index is -0.885. The number of rotatable bonds is 3. The lowest BCUT2D eigenvalue weighted by molar-refractivity contribution is 0.141. The summed E-state index contributed by atoms with van der Waals surface area (Å²) < 4.78 is 40.7. The van der Waals surface area contributed by atoms with Gasteiger partial charge in [-0.25, -0.2) is 13.2 Å². The van der Waals surface area contributed by atoms with Crippen LogP contribution < -0.4 is 5.32 Å². The van der Waals surface area contributed by atoms with Crippen molar-refractivity contribution in [3.8, 4) is 0 Å². The summed E-state index contributed by atoms with van der Waals surface area (Å²) in [6.45, 7) is 1.68. The summed E-state index contributed by atoms with van der Waals surface area (Å²) in [4.78, 5) is 1.74. The molecule has 0 aliphatic carbocycles. The molecule has 1 fully saturated rings. The predicted molar refractivity (Wildman–Crippen MR) is 64.5 cm³/mol. The van der Waals surface area contributed by atoms with Gasteiger partial charge in [-0.15, -0.1) is 0 Å². The molecule has 0 bridgehead atoms. The van der Waals surface area contributed by atoms with Gasteiger partial charge in [-0.05, 0) is 12.1 Å². The van der Waals surface area contributed by atoms with E-state index in [1.54, 1.807) is 4.90 Å². The molecular formula is C12H14ClF3N2. The van der Waals surface area contributed by atoms with Crippen molar-refractivity contribution in [2.75, 3.05) is 32.9 Å². The molecule has 1 aliphatic rings. The number of alkyl halides is 1. The summed E-state index contributed by atoms with van der Waals surface area (Å²) in [5.41, 5.74) is -0.233. The van der Waals surface area contributed by atoms with Crippen molar-refractivity contribution in [1.29, 1.82) is 0 Å². The molecule has 1 aromatic rings. The van der Waals surface area contributed by atoms with Crippen LogP contribution in [0.5, 0.6) is 0 Å². The highest BCUT2D eigenvalue weighted by Gasteiger charge is 2.27. The van der Waals surface area contributed by atoms with Crippen molar-refractivity contribution < 1.29 is 13.2 Å². The highest BCUT2D eigenvalue weighted by molar-refractivity contribution is 6.30. The molecule has 1 atom stereocenters. The maximum atomic E-state index is 13.8. The molecule has 0 radical (unpaired) electrons. The average Bonchev–Trinajstić information content (AvgIpc) is 2.34. The average molecular weight is 279 g/mol. The van der Waals surface area contributed by atoms with Gasteiger partial charge >= 0.3 is 0 Å². The molecule has 1 saturated heterocycles. The van der Waals surface area contributed by atoms with E-state index in [1.807, 2.05) is 0 Å². The summed E-state index contributed by atoms with van der Waals surface area (Å²) in [6.07, 6.45) is 0. The zero-order valence-corrected chi connectivity index (χ0v) is 10.5. The highest BCUT2D eigenvalue weighted by atomic mass is 35.5. The summed E-state index contributed by atoms with van der Waals surface area (Å²) in [6, 6.07) is 1.15. The fraction of sp³-hybridized carbons (Fsp3) is 0.500. The molecule has 0 saturated carbocycles. The standard InChI is InChI=1S/C12H14ClF3N2/c13-8-5-9(15)12(10(16)6-8)11(7-14)18-3-1-17-2-4-18/h5-6,11,17H,1-4,7H2/t11-/m1/s1. The number of halogens is 4. The van der Waals surface area contributed by atoms with Gasteiger partial charge in [0.2, 0.25) is 0 Å². The molecule has 100 valence electrons. The molecular weight excluding hydrogens is 265 g/mol. The van der Waals surface area contributed by atoms with Crippen LogP contribution in [0, 0.1) is 11.6 Å². The minimum absolute atomic E-state index is 0.0216. The molecule has 1 N–H and O–H groups in total. The van der Waals surface area contributed by atoms with Gasteiger partial charge in [0.1, 0.15) is 18.3 Å². The van der Waals surface area contributed by atoms with Gasteiger partial charge in [0.05, 0.1) is 6.04 Å². The van der Waals surface area contributed by atoms with Crippen molar-refractivity contribution in [3.63, 3.8) is 0 Å². The lowest BCUT2D eigenvalue weighted by Gasteiger charge is -2.33. The molecule has 18 heavy (non-hydrogen) atoms. The van der Waals surface area contributed by atoms with Crippen molar-refractivity contribution in [3.05, 3.63) is 34.4 Å². The highest BCUT2D eigenvalue weighted by Crippen LogP contribution is 2.29. The third-order valence-electron chi connectivity index (χ3n) is 3.12. The second-order valence-electron chi connectivity index (χ2n) is 4.24. The molecule has 1 aromatic carbocycles.